The molecule has 0 atom stereocenters. The summed E-state index contributed by atoms with van der Waals surface area (Å²) in [4.78, 5) is 17.0. The number of amides is 1. The van der Waals surface area contributed by atoms with Gasteiger partial charge in [0, 0.05) is 16.4 Å². The molecule has 0 radical (unpaired) electrons. The average Bonchev–Trinajstić information content (AvgIpc) is 3.11. The Morgan fingerprint density at radius 2 is 1.83 bits per heavy atom. The van der Waals surface area contributed by atoms with E-state index in [1.165, 1.54) is 29.5 Å². The first kappa shape index (κ1) is 21.1. The van der Waals surface area contributed by atoms with Gasteiger partial charge in [0.25, 0.3) is 5.91 Å². The molecule has 5 nitrogen and oxygen atoms in total. The van der Waals surface area contributed by atoms with Gasteiger partial charge in [-0.05, 0) is 42.0 Å². The number of nitrogens with one attached hydrogen (secondary N) is 1. The summed E-state index contributed by atoms with van der Waals surface area (Å²) in [6.07, 6.45) is 0. The maximum absolute atomic E-state index is 13.0. The molecule has 0 bridgehead atoms. The zero-order valence-electron chi connectivity index (χ0n) is 16.3. The molecule has 8 heteroatoms. The molecule has 0 aliphatic carbocycles. The molecule has 29 heavy (non-hydrogen) atoms. The second-order valence-electron chi connectivity index (χ2n) is 7.66. The summed E-state index contributed by atoms with van der Waals surface area (Å²) < 4.78 is 38.1. The van der Waals surface area contributed by atoms with Crippen molar-refractivity contribution < 1.29 is 17.6 Å². The van der Waals surface area contributed by atoms with Crippen molar-refractivity contribution in [2.45, 2.75) is 36.8 Å². The van der Waals surface area contributed by atoms with Gasteiger partial charge in [0.05, 0.1) is 16.3 Å². The van der Waals surface area contributed by atoms with Crippen LogP contribution in [-0.2, 0) is 21.0 Å². The van der Waals surface area contributed by atoms with Crippen LogP contribution in [0.5, 0.6) is 0 Å². The third-order valence-electron chi connectivity index (χ3n) is 4.21. The molecular weight excluding hydrogens is 411 g/mol. The van der Waals surface area contributed by atoms with Crippen LogP contribution in [0.4, 0.5) is 9.52 Å². The fourth-order valence-corrected chi connectivity index (χ4v) is 4.86. The number of carbonyl (C=O) groups excluding carboxylic acids is 1. The predicted molar refractivity (Wildman–Crippen MR) is 112 cm³/mol. The van der Waals surface area contributed by atoms with Gasteiger partial charge in [-0.2, -0.15) is 0 Å². The van der Waals surface area contributed by atoms with E-state index in [4.69, 9.17) is 0 Å². The van der Waals surface area contributed by atoms with Crippen molar-refractivity contribution in [3.63, 3.8) is 0 Å². The zero-order valence-corrected chi connectivity index (χ0v) is 17.9. The van der Waals surface area contributed by atoms with E-state index in [0.29, 0.717) is 16.3 Å². The smallest absolute Gasteiger partial charge is 0.257 e. The van der Waals surface area contributed by atoms with Crippen LogP contribution in [0.3, 0.4) is 0 Å². The molecule has 0 spiro atoms. The van der Waals surface area contributed by atoms with Crippen LogP contribution < -0.4 is 5.32 Å². The third-order valence-corrected chi connectivity index (χ3v) is 6.67. The number of sulfone groups is 1. The van der Waals surface area contributed by atoms with Crippen LogP contribution in [0.2, 0.25) is 0 Å². The van der Waals surface area contributed by atoms with Gasteiger partial charge < -0.3 is 0 Å². The molecule has 0 unspecified atom stereocenters. The summed E-state index contributed by atoms with van der Waals surface area (Å²) in [5.41, 5.74) is 1.58. The standard InChI is InChI=1S/C21H21FN2O3S2/c1-21(2,3)18-12-28-20(23-18)24-19(25)15-6-4-5-14(11-15)13-29(26,27)17-9-7-16(22)8-10-17/h4-12H,13H2,1-3H3,(H,23,24,25). The summed E-state index contributed by atoms with van der Waals surface area (Å²) >= 11 is 1.34. The van der Waals surface area contributed by atoms with Crippen LogP contribution in [0, 0.1) is 5.82 Å². The normalized spacial score (nSPS) is 12.0. The molecule has 0 aliphatic heterocycles. The lowest BCUT2D eigenvalue weighted by Crippen LogP contribution is -2.14. The average molecular weight is 433 g/mol. The zero-order chi connectivity index (χ0) is 21.2. The summed E-state index contributed by atoms with van der Waals surface area (Å²) in [5.74, 6) is -1.15. The van der Waals surface area contributed by atoms with Crippen molar-refractivity contribution in [1.29, 1.82) is 0 Å². The molecular formula is C21H21FN2O3S2. The SMILES string of the molecule is CC(C)(C)c1csc(NC(=O)c2cccc(CS(=O)(=O)c3ccc(F)cc3)c2)n1. The number of carbonyl (C=O) groups is 1. The minimum absolute atomic E-state index is 0.0336. The predicted octanol–water partition coefficient (Wildman–Crippen LogP) is 4.81. The Hall–Kier alpha value is -2.58. The molecule has 0 aliphatic rings. The van der Waals surface area contributed by atoms with Crippen molar-refractivity contribution in [2.75, 3.05) is 5.32 Å². The molecule has 1 amide bonds. The summed E-state index contributed by atoms with van der Waals surface area (Å²) in [6, 6.07) is 11.1. The highest BCUT2D eigenvalue weighted by Gasteiger charge is 2.19. The van der Waals surface area contributed by atoms with Gasteiger partial charge in [0.15, 0.2) is 15.0 Å². The number of halogens is 1. The number of anilines is 1. The first-order valence-electron chi connectivity index (χ1n) is 8.89. The molecule has 3 rings (SSSR count). The van der Waals surface area contributed by atoms with E-state index in [-0.39, 0.29) is 22.0 Å². The third kappa shape index (κ3) is 5.27. The highest BCUT2D eigenvalue weighted by Crippen LogP contribution is 2.26. The number of thiazole rings is 1. The molecule has 0 saturated heterocycles. The number of hydrogen-bond acceptors (Lipinski definition) is 5. The highest BCUT2D eigenvalue weighted by atomic mass is 32.2. The van der Waals surface area contributed by atoms with E-state index in [2.05, 4.69) is 10.3 Å². The second kappa shape index (κ2) is 8.04. The summed E-state index contributed by atoms with van der Waals surface area (Å²) in [5, 5.41) is 5.15. The maximum Gasteiger partial charge on any atom is 0.257 e. The van der Waals surface area contributed by atoms with E-state index in [0.717, 1.165) is 17.8 Å². The van der Waals surface area contributed by atoms with Crippen LogP contribution in [-0.4, -0.2) is 19.3 Å². The molecule has 0 saturated carbocycles. The van der Waals surface area contributed by atoms with E-state index in [1.54, 1.807) is 18.2 Å². The van der Waals surface area contributed by atoms with E-state index >= 15 is 0 Å². The van der Waals surface area contributed by atoms with Gasteiger partial charge in [-0.3, -0.25) is 10.1 Å². The Balaban J connectivity index is 1.76. The topological polar surface area (TPSA) is 76.1 Å². The molecule has 0 fully saturated rings. The monoisotopic (exact) mass is 432 g/mol. The van der Waals surface area contributed by atoms with Gasteiger partial charge in [-0.15, -0.1) is 11.3 Å². The van der Waals surface area contributed by atoms with Gasteiger partial charge >= 0.3 is 0 Å². The van der Waals surface area contributed by atoms with Crippen molar-refractivity contribution in [3.8, 4) is 0 Å². The summed E-state index contributed by atoms with van der Waals surface area (Å²) in [7, 11) is -3.65. The van der Waals surface area contributed by atoms with Gasteiger partial charge in [-0.1, -0.05) is 32.9 Å². The number of aromatic nitrogens is 1. The second-order valence-corrected chi connectivity index (χ2v) is 10.5. The maximum atomic E-state index is 13.0. The molecule has 1 N–H and O–H groups in total. The Morgan fingerprint density at radius 1 is 1.14 bits per heavy atom. The van der Waals surface area contributed by atoms with Crippen molar-refractivity contribution in [1.82, 2.24) is 4.98 Å². The first-order chi connectivity index (χ1) is 13.5. The van der Waals surface area contributed by atoms with Crippen LogP contribution in [0.15, 0.2) is 58.8 Å². The fourth-order valence-electron chi connectivity index (χ4n) is 2.59. The van der Waals surface area contributed by atoms with Gasteiger partial charge in [-0.25, -0.2) is 17.8 Å². The lowest BCUT2D eigenvalue weighted by atomic mass is 9.93. The van der Waals surface area contributed by atoms with Gasteiger partial charge in [0.1, 0.15) is 5.82 Å². The summed E-state index contributed by atoms with van der Waals surface area (Å²) in [6.45, 7) is 6.12. The molecule has 152 valence electrons. The highest BCUT2D eigenvalue weighted by molar-refractivity contribution is 7.90. The minimum atomic E-state index is -3.65. The Kier molecular flexibility index (Phi) is 5.86. The Bertz CT molecular complexity index is 1130. The molecule has 3 aromatic rings. The van der Waals surface area contributed by atoms with Crippen molar-refractivity contribution in [2.24, 2.45) is 0 Å². The molecule has 1 aromatic heterocycles. The van der Waals surface area contributed by atoms with Crippen molar-refractivity contribution in [3.05, 3.63) is 76.5 Å². The first-order valence-corrected chi connectivity index (χ1v) is 11.4. The minimum Gasteiger partial charge on any atom is -0.298 e. The molecule has 2 aromatic carbocycles. The molecule has 1 heterocycles. The van der Waals surface area contributed by atoms with Crippen LogP contribution >= 0.6 is 11.3 Å². The Labute approximate surface area is 173 Å². The fraction of sp³-hybridized carbons (Fsp3) is 0.238. The number of benzene rings is 2. The van der Waals surface area contributed by atoms with Crippen LogP contribution in [0.25, 0.3) is 0 Å². The quantitative estimate of drug-likeness (QED) is 0.587. The largest absolute Gasteiger partial charge is 0.298 e. The van der Waals surface area contributed by atoms with E-state index in [9.17, 15) is 17.6 Å². The Morgan fingerprint density at radius 3 is 2.45 bits per heavy atom. The van der Waals surface area contributed by atoms with E-state index in [1.807, 2.05) is 26.2 Å². The number of nitrogens with zero attached hydrogens (tertiary/aromatic N) is 1. The van der Waals surface area contributed by atoms with Crippen LogP contribution in [0.1, 0.15) is 42.4 Å². The lowest BCUT2D eigenvalue weighted by Gasteiger charge is -2.14. The van der Waals surface area contributed by atoms with Gasteiger partial charge in [0.2, 0.25) is 0 Å². The van der Waals surface area contributed by atoms with Crippen molar-refractivity contribution >= 4 is 32.2 Å². The number of rotatable bonds is 5. The lowest BCUT2D eigenvalue weighted by molar-refractivity contribution is 0.102. The van der Waals surface area contributed by atoms with E-state index < -0.39 is 15.7 Å². The number of hydrogen-bond donors (Lipinski definition) is 1.